The van der Waals surface area contributed by atoms with Gasteiger partial charge in [0.05, 0.1) is 6.54 Å². The molecule has 0 bridgehead atoms. The third-order valence-corrected chi connectivity index (χ3v) is 2.01. The van der Waals surface area contributed by atoms with Gasteiger partial charge in [0.25, 0.3) is 0 Å². The summed E-state index contributed by atoms with van der Waals surface area (Å²) in [5.74, 6) is 0.608. The van der Waals surface area contributed by atoms with Crippen molar-refractivity contribution in [1.82, 2.24) is 15.5 Å². The molecule has 0 fully saturated rings. The first-order valence-corrected chi connectivity index (χ1v) is 5.97. The zero-order chi connectivity index (χ0) is 13.1. The van der Waals surface area contributed by atoms with Crippen LogP contribution in [0, 0.1) is 5.41 Å². The molecule has 1 aromatic rings. The lowest BCUT2D eigenvalue weighted by Crippen LogP contribution is -2.35. The SMILES string of the molecule is CC(C)(C)CNc1nnc(CNC(C)(C)C)o1. The number of rotatable bonds is 4. The summed E-state index contributed by atoms with van der Waals surface area (Å²) in [6.45, 7) is 14.1. The molecule has 0 saturated heterocycles. The summed E-state index contributed by atoms with van der Waals surface area (Å²) < 4.78 is 5.48. The van der Waals surface area contributed by atoms with E-state index in [1.807, 2.05) is 0 Å². The molecule has 0 aliphatic rings. The Morgan fingerprint density at radius 3 is 2.24 bits per heavy atom. The molecule has 0 unspecified atom stereocenters. The molecule has 2 N–H and O–H groups in total. The van der Waals surface area contributed by atoms with E-state index in [2.05, 4.69) is 62.4 Å². The Hall–Kier alpha value is -1.10. The van der Waals surface area contributed by atoms with Gasteiger partial charge in [0.1, 0.15) is 0 Å². The van der Waals surface area contributed by atoms with Crippen molar-refractivity contribution in [1.29, 1.82) is 0 Å². The van der Waals surface area contributed by atoms with Crippen molar-refractivity contribution in [3.05, 3.63) is 5.89 Å². The Bertz CT molecular complexity index is 314. The Labute approximate surface area is 103 Å². The van der Waals surface area contributed by atoms with Gasteiger partial charge in [-0.1, -0.05) is 25.9 Å². The molecule has 1 rings (SSSR count). The fourth-order valence-corrected chi connectivity index (χ4v) is 1.08. The maximum Gasteiger partial charge on any atom is 0.315 e. The zero-order valence-corrected chi connectivity index (χ0v) is 11.7. The van der Waals surface area contributed by atoms with Crippen LogP contribution in [0.1, 0.15) is 47.4 Å². The number of nitrogens with one attached hydrogen (secondary N) is 2. The van der Waals surface area contributed by atoms with Crippen molar-refractivity contribution >= 4 is 6.01 Å². The highest BCUT2D eigenvalue weighted by Gasteiger charge is 2.14. The summed E-state index contributed by atoms with van der Waals surface area (Å²) in [7, 11) is 0. The van der Waals surface area contributed by atoms with Gasteiger partial charge in [0, 0.05) is 12.1 Å². The van der Waals surface area contributed by atoms with Gasteiger partial charge in [-0.05, 0) is 26.2 Å². The van der Waals surface area contributed by atoms with Crippen LogP contribution in [-0.2, 0) is 6.54 Å². The second-order valence-corrected chi connectivity index (χ2v) is 6.52. The van der Waals surface area contributed by atoms with E-state index in [1.54, 1.807) is 0 Å². The van der Waals surface area contributed by atoms with Crippen molar-refractivity contribution in [3.8, 4) is 0 Å². The molecule has 1 aromatic heterocycles. The number of hydrogen-bond acceptors (Lipinski definition) is 5. The highest BCUT2D eigenvalue weighted by molar-refractivity contribution is 5.17. The number of aromatic nitrogens is 2. The molecular formula is C12H24N4O. The van der Waals surface area contributed by atoms with Gasteiger partial charge in [-0.3, -0.25) is 0 Å². The van der Waals surface area contributed by atoms with E-state index in [0.29, 0.717) is 18.5 Å². The van der Waals surface area contributed by atoms with Crippen molar-refractivity contribution in [3.63, 3.8) is 0 Å². The lowest BCUT2D eigenvalue weighted by Gasteiger charge is -2.18. The highest BCUT2D eigenvalue weighted by atomic mass is 16.4. The number of hydrogen-bond donors (Lipinski definition) is 2. The Morgan fingerprint density at radius 1 is 1.06 bits per heavy atom. The van der Waals surface area contributed by atoms with E-state index in [0.717, 1.165) is 6.54 Å². The summed E-state index contributed by atoms with van der Waals surface area (Å²) >= 11 is 0. The first kappa shape index (κ1) is 14.0. The summed E-state index contributed by atoms with van der Waals surface area (Å²) in [6.07, 6.45) is 0. The van der Waals surface area contributed by atoms with Crippen molar-refractivity contribution in [2.24, 2.45) is 5.41 Å². The molecule has 0 aliphatic heterocycles. The minimum absolute atomic E-state index is 0.0491. The molecule has 5 nitrogen and oxygen atoms in total. The molecule has 0 amide bonds. The molecule has 0 radical (unpaired) electrons. The van der Waals surface area contributed by atoms with Crippen LogP contribution >= 0.6 is 0 Å². The fourth-order valence-electron chi connectivity index (χ4n) is 1.08. The van der Waals surface area contributed by atoms with Gasteiger partial charge >= 0.3 is 6.01 Å². The normalized spacial score (nSPS) is 12.8. The molecule has 0 saturated carbocycles. The molecule has 0 aromatic carbocycles. The van der Waals surface area contributed by atoms with Gasteiger partial charge in [-0.25, -0.2) is 0 Å². The topological polar surface area (TPSA) is 63.0 Å². The molecule has 5 heteroatoms. The predicted molar refractivity (Wildman–Crippen MR) is 68.8 cm³/mol. The van der Waals surface area contributed by atoms with Crippen LogP contribution in [0.2, 0.25) is 0 Å². The predicted octanol–water partition coefficient (Wildman–Crippen LogP) is 2.42. The van der Waals surface area contributed by atoms with Crippen LogP contribution < -0.4 is 10.6 Å². The average molecular weight is 240 g/mol. The van der Waals surface area contributed by atoms with E-state index in [4.69, 9.17) is 4.42 Å². The third-order valence-electron chi connectivity index (χ3n) is 2.01. The summed E-state index contributed by atoms with van der Waals surface area (Å²) in [4.78, 5) is 0. The van der Waals surface area contributed by atoms with Crippen LogP contribution in [0.5, 0.6) is 0 Å². The van der Waals surface area contributed by atoms with E-state index >= 15 is 0 Å². The standard InChI is InChI=1S/C12H24N4O/c1-11(2,3)8-13-10-16-15-9(17-10)7-14-12(4,5)6/h14H,7-8H2,1-6H3,(H,13,16). The van der Waals surface area contributed by atoms with Crippen molar-refractivity contribution < 1.29 is 4.42 Å². The molecule has 0 spiro atoms. The number of nitrogens with zero attached hydrogens (tertiary/aromatic N) is 2. The lowest BCUT2D eigenvalue weighted by molar-refractivity contribution is 0.381. The summed E-state index contributed by atoms with van der Waals surface area (Å²) in [5, 5.41) is 14.4. The molecule has 0 atom stereocenters. The van der Waals surface area contributed by atoms with Gasteiger partial charge in [0.15, 0.2) is 0 Å². The quantitative estimate of drug-likeness (QED) is 0.846. The first-order chi connectivity index (χ1) is 7.66. The van der Waals surface area contributed by atoms with Gasteiger partial charge in [-0.15, -0.1) is 5.10 Å². The zero-order valence-electron chi connectivity index (χ0n) is 11.7. The van der Waals surface area contributed by atoms with Crippen LogP contribution in [0.4, 0.5) is 6.01 Å². The fraction of sp³-hybridized carbons (Fsp3) is 0.833. The monoisotopic (exact) mass is 240 g/mol. The maximum atomic E-state index is 5.48. The van der Waals surface area contributed by atoms with Crippen LogP contribution in [0.15, 0.2) is 4.42 Å². The van der Waals surface area contributed by atoms with Gasteiger partial charge < -0.3 is 15.1 Å². The number of anilines is 1. The van der Waals surface area contributed by atoms with Gasteiger partial charge in [-0.2, -0.15) is 0 Å². The highest BCUT2D eigenvalue weighted by Crippen LogP contribution is 2.14. The summed E-state index contributed by atoms with van der Waals surface area (Å²) in [6, 6.07) is 0.491. The van der Waals surface area contributed by atoms with Crippen LogP contribution in [0.3, 0.4) is 0 Å². The van der Waals surface area contributed by atoms with E-state index in [9.17, 15) is 0 Å². The Balaban J connectivity index is 2.43. The Kier molecular flexibility index (Phi) is 4.14. The van der Waals surface area contributed by atoms with E-state index in [-0.39, 0.29) is 11.0 Å². The van der Waals surface area contributed by atoms with Crippen LogP contribution in [0.25, 0.3) is 0 Å². The van der Waals surface area contributed by atoms with E-state index < -0.39 is 0 Å². The second-order valence-electron chi connectivity index (χ2n) is 6.52. The lowest BCUT2D eigenvalue weighted by atomic mass is 9.97. The van der Waals surface area contributed by atoms with Crippen molar-refractivity contribution in [2.75, 3.05) is 11.9 Å². The minimum atomic E-state index is 0.0491. The van der Waals surface area contributed by atoms with Crippen molar-refractivity contribution in [2.45, 2.75) is 53.6 Å². The summed E-state index contributed by atoms with van der Waals surface area (Å²) in [5.41, 5.74) is 0.242. The molecule has 0 aliphatic carbocycles. The van der Waals surface area contributed by atoms with Gasteiger partial charge in [0.2, 0.25) is 5.89 Å². The van der Waals surface area contributed by atoms with E-state index in [1.165, 1.54) is 0 Å². The second kappa shape index (κ2) is 5.04. The van der Waals surface area contributed by atoms with Crippen LogP contribution in [-0.4, -0.2) is 22.3 Å². The maximum absolute atomic E-state index is 5.48. The third kappa shape index (κ3) is 6.26. The average Bonchev–Trinajstić information content (AvgIpc) is 2.57. The smallest absolute Gasteiger partial charge is 0.315 e. The molecule has 1 heterocycles. The molecule has 98 valence electrons. The first-order valence-electron chi connectivity index (χ1n) is 5.97. The molecular weight excluding hydrogens is 216 g/mol. The Morgan fingerprint density at radius 2 is 1.71 bits per heavy atom. The largest absolute Gasteiger partial charge is 0.407 e. The minimum Gasteiger partial charge on any atom is -0.407 e. The molecule has 17 heavy (non-hydrogen) atoms.